The number of nitrogens with zero attached hydrogens (tertiary/aromatic N) is 2. The maximum absolute atomic E-state index is 13.6. The molecule has 0 aliphatic heterocycles. The van der Waals surface area contributed by atoms with E-state index in [1.165, 1.54) is 32.1 Å². The SMILES string of the molecule is O=C(NCCNC1C2CC3CC(C2)CC1C3)c1nn(-c2ccc(Cl)cc2Cl)c(-c2ccc(Cl)cc2)c1C1CC1. The largest absolute Gasteiger partial charge is 0.349 e. The molecule has 2 N–H and O–H groups in total. The highest BCUT2D eigenvalue weighted by atomic mass is 35.5. The summed E-state index contributed by atoms with van der Waals surface area (Å²) in [5, 5.41) is 13.6. The van der Waals surface area contributed by atoms with Crippen molar-refractivity contribution < 1.29 is 4.79 Å². The monoisotopic (exact) mass is 582 g/mol. The Morgan fingerprint density at radius 3 is 2.18 bits per heavy atom. The van der Waals surface area contributed by atoms with Gasteiger partial charge in [-0.25, -0.2) is 4.68 Å². The highest BCUT2D eigenvalue weighted by molar-refractivity contribution is 6.35. The number of rotatable bonds is 8. The van der Waals surface area contributed by atoms with Crippen LogP contribution in [0.3, 0.4) is 0 Å². The third-order valence-corrected chi connectivity index (χ3v) is 10.2. The highest BCUT2D eigenvalue weighted by Gasteiger charge is 2.47. The minimum absolute atomic E-state index is 0.136. The van der Waals surface area contributed by atoms with E-state index in [1.807, 2.05) is 30.3 Å². The van der Waals surface area contributed by atoms with Gasteiger partial charge in [-0.2, -0.15) is 5.10 Å². The van der Waals surface area contributed by atoms with Gasteiger partial charge in [0.25, 0.3) is 5.91 Å². The van der Waals surface area contributed by atoms with Crippen LogP contribution >= 0.6 is 34.8 Å². The Morgan fingerprint density at radius 1 is 0.872 bits per heavy atom. The zero-order valence-electron chi connectivity index (χ0n) is 21.8. The van der Waals surface area contributed by atoms with Gasteiger partial charge in [-0.3, -0.25) is 4.79 Å². The lowest BCUT2D eigenvalue weighted by molar-refractivity contribution is -0.0133. The van der Waals surface area contributed by atoms with Gasteiger partial charge in [-0.15, -0.1) is 0 Å². The van der Waals surface area contributed by atoms with Gasteiger partial charge in [0, 0.05) is 40.3 Å². The van der Waals surface area contributed by atoms with E-state index >= 15 is 0 Å². The van der Waals surface area contributed by atoms with Gasteiger partial charge < -0.3 is 10.6 Å². The molecule has 0 spiro atoms. The Balaban J connectivity index is 1.14. The molecule has 4 bridgehead atoms. The Hall–Kier alpha value is -2.05. The number of halogens is 3. The molecule has 5 aliphatic rings. The van der Waals surface area contributed by atoms with Crippen LogP contribution in [0.1, 0.15) is 66.9 Å². The molecule has 5 aliphatic carbocycles. The molecule has 1 amide bonds. The average molecular weight is 584 g/mol. The number of nitrogens with one attached hydrogen (secondary N) is 2. The number of amides is 1. The predicted octanol–water partition coefficient (Wildman–Crippen LogP) is 7.52. The Morgan fingerprint density at radius 2 is 1.54 bits per heavy atom. The summed E-state index contributed by atoms with van der Waals surface area (Å²) in [6, 6.07) is 13.6. The van der Waals surface area contributed by atoms with Crippen molar-refractivity contribution in [1.29, 1.82) is 0 Å². The zero-order valence-corrected chi connectivity index (χ0v) is 24.1. The van der Waals surface area contributed by atoms with E-state index in [-0.39, 0.29) is 5.91 Å². The molecule has 39 heavy (non-hydrogen) atoms. The first-order chi connectivity index (χ1) is 18.9. The summed E-state index contributed by atoms with van der Waals surface area (Å²) >= 11 is 19.0. The van der Waals surface area contributed by atoms with E-state index < -0.39 is 0 Å². The molecule has 5 fully saturated rings. The van der Waals surface area contributed by atoms with Gasteiger partial charge in [-0.1, -0.05) is 46.9 Å². The van der Waals surface area contributed by atoms with Crippen LogP contribution in [-0.2, 0) is 0 Å². The molecule has 8 heteroatoms. The minimum atomic E-state index is -0.136. The van der Waals surface area contributed by atoms with Crippen molar-refractivity contribution in [3.63, 3.8) is 0 Å². The number of hydrogen-bond donors (Lipinski definition) is 2. The van der Waals surface area contributed by atoms with Crippen LogP contribution in [0.15, 0.2) is 42.5 Å². The van der Waals surface area contributed by atoms with E-state index in [1.54, 1.807) is 16.8 Å². The summed E-state index contributed by atoms with van der Waals surface area (Å²) < 4.78 is 1.80. The van der Waals surface area contributed by atoms with Gasteiger partial charge >= 0.3 is 0 Å². The number of hydrogen-bond acceptors (Lipinski definition) is 3. The summed E-state index contributed by atoms with van der Waals surface area (Å²) in [5.74, 6) is 3.72. The van der Waals surface area contributed by atoms with Crippen molar-refractivity contribution >= 4 is 40.7 Å². The molecule has 5 nitrogen and oxygen atoms in total. The molecular formula is C31H33Cl3N4O. The van der Waals surface area contributed by atoms with Crippen molar-refractivity contribution in [2.24, 2.45) is 23.7 Å². The number of carbonyl (C=O) groups is 1. The summed E-state index contributed by atoms with van der Waals surface area (Å²) in [5.41, 5.74) is 3.98. The number of carbonyl (C=O) groups excluding carboxylic acids is 1. The van der Waals surface area contributed by atoms with Crippen molar-refractivity contribution in [2.75, 3.05) is 13.1 Å². The van der Waals surface area contributed by atoms with Crippen LogP contribution in [0, 0.1) is 23.7 Å². The standard InChI is InChI=1S/C31H33Cl3N4O/c32-23-5-3-20(4-6-23)30-27(19-1-2-19)29(37-38(30)26-8-7-24(33)16-25(26)34)31(39)36-10-9-35-28-21-12-17-11-18(14-21)15-22(28)13-17/h3-8,16-19,21-22,28,35H,1-2,9-15H2,(H,36,39). The third-order valence-electron chi connectivity index (χ3n) is 9.40. The van der Waals surface area contributed by atoms with E-state index in [0.717, 1.165) is 59.9 Å². The van der Waals surface area contributed by atoms with Crippen LogP contribution in [0.2, 0.25) is 15.1 Å². The number of benzene rings is 2. The average Bonchev–Trinajstić information content (AvgIpc) is 3.67. The second kappa shape index (κ2) is 10.4. The Bertz CT molecular complexity index is 1370. The highest BCUT2D eigenvalue weighted by Crippen LogP contribution is 2.53. The fourth-order valence-corrected chi connectivity index (χ4v) is 8.44. The third kappa shape index (κ3) is 5.01. The van der Waals surface area contributed by atoms with Gasteiger partial charge in [0.05, 0.1) is 16.4 Å². The molecule has 1 heterocycles. The first-order valence-corrected chi connectivity index (χ1v) is 15.4. The van der Waals surface area contributed by atoms with Crippen molar-refractivity contribution in [2.45, 2.75) is 56.9 Å². The second-order valence-corrected chi connectivity index (χ2v) is 13.3. The van der Waals surface area contributed by atoms with E-state index in [2.05, 4.69) is 10.6 Å². The van der Waals surface area contributed by atoms with Crippen LogP contribution in [-0.4, -0.2) is 34.8 Å². The topological polar surface area (TPSA) is 59.0 Å². The van der Waals surface area contributed by atoms with Gasteiger partial charge in [0.15, 0.2) is 5.69 Å². The summed E-state index contributed by atoms with van der Waals surface area (Å²) in [6.07, 6.45) is 9.09. The van der Waals surface area contributed by atoms with Gasteiger partial charge in [0.1, 0.15) is 0 Å². The lowest BCUT2D eigenvalue weighted by Gasteiger charge is -2.54. The van der Waals surface area contributed by atoms with Crippen LogP contribution in [0.4, 0.5) is 0 Å². The van der Waals surface area contributed by atoms with Crippen LogP contribution in [0.5, 0.6) is 0 Å². The van der Waals surface area contributed by atoms with Crippen molar-refractivity contribution in [3.05, 3.63) is 68.8 Å². The molecule has 2 aromatic carbocycles. The summed E-state index contributed by atoms with van der Waals surface area (Å²) in [7, 11) is 0. The zero-order chi connectivity index (χ0) is 26.7. The Labute approximate surface area is 244 Å². The molecule has 5 saturated carbocycles. The maximum Gasteiger partial charge on any atom is 0.272 e. The smallest absolute Gasteiger partial charge is 0.272 e. The summed E-state index contributed by atoms with van der Waals surface area (Å²) in [4.78, 5) is 13.6. The lowest BCUT2D eigenvalue weighted by Crippen LogP contribution is -2.55. The quantitative estimate of drug-likeness (QED) is 0.270. The van der Waals surface area contributed by atoms with E-state index in [0.29, 0.717) is 45.0 Å². The molecule has 204 valence electrons. The molecule has 0 saturated heterocycles. The van der Waals surface area contributed by atoms with Gasteiger partial charge in [-0.05, 0) is 105 Å². The Kier molecular flexibility index (Phi) is 6.91. The summed E-state index contributed by atoms with van der Waals surface area (Å²) in [6.45, 7) is 1.36. The second-order valence-electron chi connectivity index (χ2n) is 12.1. The minimum Gasteiger partial charge on any atom is -0.349 e. The first kappa shape index (κ1) is 25.9. The van der Waals surface area contributed by atoms with E-state index in [9.17, 15) is 4.79 Å². The molecule has 0 radical (unpaired) electrons. The molecule has 0 unspecified atom stereocenters. The van der Waals surface area contributed by atoms with Gasteiger partial charge in [0.2, 0.25) is 0 Å². The molecule has 0 atom stereocenters. The number of aromatic nitrogens is 2. The fraction of sp³-hybridized carbons (Fsp3) is 0.484. The maximum atomic E-state index is 13.6. The fourth-order valence-electron chi connectivity index (χ4n) is 7.83. The molecular weight excluding hydrogens is 551 g/mol. The van der Waals surface area contributed by atoms with Crippen LogP contribution in [0.25, 0.3) is 16.9 Å². The molecule has 1 aromatic heterocycles. The van der Waals surface area contributed by atoms with Crippen LogP contribution < -0.4 is 10.6 Å². The van der Waals surface area contributed by atoms with Crippen molar-refractivity contribution in [1.82, 2.24) is 20.4 Å². The molecule has 3 aromatic rings. The van der Waals surface area contributed by atoms with E-state index in [4.69, 9.17) is 39.9 Å². The first-order valence-electron chi connectivity index (χ1n) is 14.3. The normalized spacial score (nSPS) is 27.2. The predicted molar refractivity (Wildman–Crippen MR) is 157 cm³/mol. The molecule has 8 rings (SSSR count). The van der Waals surface area contributed by atoms with Crippen molar-refractivity contribution in [3.8, 4) is 16.9 Å². The lowest BCUT2D eigenvalue weighted by atomic mass is 9.54.